The lowest BCUT2D eigenvalue weighted by molar-refractivity contribution is 0.381. The van der Waals surface area contributed by atoms with Gasteiger partial charge in [-0.3, -0.25) is 0 Å². The molecule has 0 saturated heterocycles. The predicted octanol–water partition coefficient (Wildman–Crippen LogP) is 4.19. The SMILES string of the molecule is Cn1cc(C(CN)C2CCCCCC2)c2ccccc21. The summed E-state index contributed by atoms with van der Waals surface area (Å²) in [4.78, 5) is 0. The van der Waals surface area contributed by atoms with E-state index in [1.54, 1.807) is 0 Å². The molecule has 2 aromatic rings. The van der Waals surface area contributed by atoms with Gasteiger partial charge in [0, 0.05) is 30.1 Å². The van der Waals surface area contributed by atoms with Crippen molar-refractivity contribution < 1.29 is 0 Å². The van der Waals surface area contributed by atoms with Crippen LogP contribution in [0.1, 0.15) is 50.0 Å². The average molecular weight is 270 g/mol. The van der Waals surface area contributed by atoms with Crippen LogP contribution in [0.25, 0.3) is 10.9 Å². The molecule has 0 amide bonds. The third kappa shape index (κ3) is 2.49. The molecule has 2 N–H and O–H groups in total. The minimum atomic E-state index is 0.527. The molecule has 108 valence electrons. The second kappa shape index (κ2) is 6.01. The van der Waals surface area contributed by atoms with Crippen molar-refractivity contribution in [2.45, 2.75) is 44.4 Å². The average Bonchev–Trinajstić information content (AvgIpc) is 2.68. The van der Waals surface area contributed by atoms with Crippen molar-refractivity contribution in [1.82, 2.24) is 4.57 Å². The van der Waals surface area contributed by atoms with Crippen LogP contribution < -0.4 is 5.73 Å². The van der Waals surface area contributed by atoms with Gasteiger partial charge in [-0.05, 0) is 36.9 Å². The summed E-state index contributed by atoms with van der Waals surface area (Å²) in [5.41, 5.74) is 8.98. The number of rotatable bonds is 3. The van der Waals surface area contributed by atoms with Crippen LogP contribution >= 0.6 is 0 Å². The lowest BCUT2D eigenvalue weighted by Gasteiger charge is -2.24. The van der Waals surface area contributed by atoms with E-state index in [1.807, 2.05) is 0 Å². The van der Waals surface area contributed by atoms with E-state index in [0.29, 0.717) is 5.92 Å². The van der Waals surface area contributed by atoms with Crippen molar-refractivity contribution >= 4 is 10.9 Å². The summed E-state index contributed by atoms with van der Waals surface area (Å²) in [5, 5.41) is 1.40. The Bertz CT molecular complexity index is 562. The molecule has 1 heterocycles. The van der Waals surface area contributed by atoms with Crippen molar-refractivity contribution in [2.24, 2.45) is 18.7 Å². The summed E-state index contributed by atoms with van der Waals surface area (Å²) >= 11 is 0. The zero-order chi connectivity index (χ0) is 13.9. The maximum absolute atomic E-state index is 6.18. The van der Waals surface area contributed by atoms with E-state index in [4.69, 9.17) is 5.73 Å². The lowest BCUT2D eigenvalue weighted by Crippen LogP contribution is -2.21. The van der Waals surface area contributed by atoms with Crippen LogP contribution in [0, 0.1) is 5.92 Å². The molecule has 1 aromatic carbocycles. The number of nitrogens with two attached hydrogens (primary N) is 1. The maximum Gasteiger partial charge on any atom is 0.0480 e. The highest BCUT2D eigenvalue weighted by Gasteiger charge is 2.25. The first kappa shape index (κ1) is 13.7. The van der Waals surface area contributed by atoms with E-state index in [9.17, 15) is 0 Å². The van der Waals surface area contributed by atoms with E-state index >= 15 is 0 Å². The van der Waals surface area contributed by atoms with E-state index in [-0.39, 0.29) is 0 Å². The van der Waals surface area contributed by atoms with Gasteiger partial charge in [0.05, 0.1) is 0 Å². The highest BCUT2D eigenvalue weighted by Crippen LogP contribution is 2.37. The van der Waals surface area contributed by atoms with Crippen molar-refractivity contribution in [3.05, 3.63) is 36.0 Å². The quantitative estimate of drug-likeness (QED) is 0.833. The van der Waals surface area contributed by atoms with Gasteiger partial charge < -0.3 is 10.3 Å². The maximum atomic E-state index is 6.18. The van der Waals surface area contributed by atoms with Gasteiger partial charge in [-0.15, -0.1) is 0 Å². The van der Waals surface area contributed by atoms with E-state index in [0.717, 1.165) is 12.5 Å². The molecule has 0 spiro atoms. The Labute approximate surface area is 122 Å². The first-order chi connectivity index (χ1) is 9.81. The fourth-order valence-corrected chi connectivity index (χ4v) is 3.96. The number of benzene rings is 1. The lowest BCUT2D eigenvalue weighted by atomic mass is 9.81. The first-order valence-electron chi connectivity index (χ1n) is 8.05. The van der Waals surface area contributed by atoms with Crippen LogP contribution in [0.15, 0.2) is 30.5 Å². The van der Waals surface area contributed by atoms with Gasteiger partial charge in [-0.25, -0.2) is 0 Å². The van der Waals surface area contributed by atoms with Crippen molar-refractivity contribution in [3.63, 3.8) is 0 Å². The third-order valence-corrected chi connectivity index (χ3v) is 5.05. The molecule has 1 aliphatic carbocycles. The Morgan fingerprint density at radius 2 is 1.85 bits per heavy atom. The zero-order valence-corrected chi connectivity index (χ0v) is 12.5. The Kier molecular flexibility index (Phi) is 4.11. The molecule has 1 saturated carbocycles. The van der Waals surface area contributed by atoms with E-state index < -0.39 is 0 Å². The van der Waals surface area contributed by atoms with Gasteiger partial charge in [-0.2, -0.15) is 0 Å². The van der Waals surface area contributed by atoms with Gasteiger partial charge >= 0.3 is 0 Å². The van der Waals surface area contributed by atoms with Gasteiger partial charge in [0.2, 0.25) is 0 Å². The standard InChI is InChI=1S/C18H26N2/c1-20-13-17(15-10-6-7-11-18(15)20)16(12-19)14-8-4-2-3-5-9-14/h6-7,10-11,13-14,16H,2-5,8-9,12,19H2,1H3. The minimum Gasteiger partial charge on any atom is -0.350 e. The molecular formula is C18H26N2. The monoisotopic (exact) mass is 270 g/mol. The first-order valence-corrected chi connectivity index (χ1v) is 8.05. The Morgan fingerprint density at radius 3 is 2.55 bits per heavy atom. The molecule has 1 aromatic heterocycles. The van der Waals surface area contributed by atoms with Gasteiger partial charge in [0.25, 0.3) is 0 Å². The molecular weight excluding hydrogens is 244 g/mol. The van der Waals surface area contributed by atoms with Gasteiger partial charge in [0.15, 0.2) is 0 Å². The minimum absolute atomic E-state index is 0.527. The van der Waals surface area contributed by atoms with Crippen LogP contribution in [0.3, 0.4) is 0 Å². The van der Waals surface area contributed by atoms with Crippen LogP contribution in [0.5, 0.6) is 0 Å². The smallest absolute Gasteiger partial charge is 0.0480 e. The second-order valence-corrected chi connectivity index (χ2v) is 6.31. The number of hydrogen-bond donors (Lipinski definition) is 1. The summed E-state index contributed by atoms with van der Waals surface area (Å²) in [5.74, 6) is 1.30. The van der Waals surface area contributed by atoms with Crippen LogP contribution in [0.2, 0.25) is 0 Å². The molecule has 1 fully saturated rings. The van der Waals surface area contributed by atoms with Crippen LogP contribution in [0.4, 0.5) is 0 Å². The van der Waals surface area contributed by atoms with Gasteiger partial charge in [-0.1, -0.05) is 43.9 Å². The molecule has 1 aliphatic rings. The van der Waals surface area contributed by atoms with Crippen molar-refractivity contribution in [1.29, 1.82) is 0 Å². The van der Waals surface area contributed by atoms with Crippen molar-refractivity contribution in [3.8, 4) is 0 Å². The third-order valence-electron chi connectivity index (χ3n) is 5.05. The molecule has 1 atom stereocenters. The second-order valence-electron chi connectivity index (χ2n) is 6.31. The van der Waals surface area contributed by atoms with E-state index in [2.05, 4.69) is 42.1 Å². The number of aryl methyl sites for hydroxylation is 1. The number of aromatic nitrogens is 1. The summed E-state index contributed by atoms with van der Waals surface area (Å²) < 4.78 is 2.25. The zero-order valence-electron chi connectivity index (χ0n) is 12.5. The Morgan fingerprint density at radius 1 is 1.15 bits per heavy atom. The molecule has 0 radical (unpaired) electrons. The molecule has 2 nitrogen and oxygen atoms in total. The molecule has 2 heteroatoms. The van der Waals surface area contributed by atoms with Crippen LogP contribution in [-0.2, 0) is 7.05 Å². The normalized spacial score (nSPS) is 19.1. The number of para-hydroxylation sites is 1. The summed E-state index contributed by atoms with van der Waals surface area (Å²) in [6.45, 7) is 0.776. The number of nitrogens with zero attached hydrogens (tertiary/aromatic N) is 1. The molecule has 20 heavy (non-hydrogen) atoms. The molecule has 0 bridgehead atoms. The highest BCUT2D eigenvalue weighted by atomic mass is 14.9. The topological polar surface area (TPSA) is 30.9 Å². The van der Waals surface area contributed by atoms with Crippen molar-refractivity contribution in [2.75, 3.05) is 6.54 Å². The molecule has 3 rings (SSSR count). The van der Waals surface area contributed by atoms with E-state index in [1.165, 1.54) is 55.0 Å². The highest BCUT2D eigenvalue weighted by molar-refractivity contribution is 5.84. The Hall–Kier alpha value is -1.28. The fraction of sp³-hybridized carbons (Fsp3) is 0.556. The largest absolute Gasteiger partial charge is 0.350 e. The fourth-order valence-electron chi connectivity index (χ4n) is 3.96. The summed E-state index contributed by atoms with van der Waals surface area (Å²) in [6, 6.07) is 8.73. The predicted molar refractivity (Wildman–Crippen MR) is 85.9 cm³/mol. The van der Waals surface area contributed by atoms with Gasteiger partial charge in [0.1, 0.15) is 0 Å². The number of fused-ring (bicyclic) bond motifs is 1. The number of hydrogen-bond acceptors (Lipinski definition) is 1. The molecule has 1 unspecified atom stereocenters. The summed E-state index contributed by atoms with van der Waals surface area (Å²) in [7, 11) is 2.15. The van der Waals surface area contributed by atoms with Crippen LogP contribution in [-0.4, -0.2) is 11.1 Å². The summed E-state index contributed by atoms with van der Waals surface area (Å²) in [6.07, 6.45) is 10.6. The Balaban J connectivity index is 1.98. The molecule has 0 aliphatic heterocycles.